The third-order valence-electron chi connectivity index (χ3n) is 4.84. The number of aryl methyl sites for hydroxylation is 2. The highest BCUT2D eigenvalue weighted by Crippen LogP contribution is 2.18. The first-order valence-electron chi connectivity index (χ1n) is 9.89. The summed E-state index contributed by atoms with van der Waals surface area (Å²) in [6, 6.07) is 15.0. The Hall–Kier alpha value is -3.25. The van der Waals surface area contributed by atoms with Gasteiger partial charge in [0.15, 0.2) is 0 Å². The Bertz CT molecular complexity index is 1150. The molecule has 0 bridgehead atoms. The Morgan fingerprint density at radius 1 is 1.03 bits per heavy atom. The van der Waals surface area contributed by atoms with Crippen molar-refractivity contribution in [3.63, 3.8) is 0 Å². The molecule has 0 aliphatic rings. The van der Waals surface area contributed by atoms with Gasteiger partial charge in [-0.1, -0.05) is 61.4 Å². The van der Waals surface area contributed by atoms with Crippen LogP contribution in [0.4, 0.5) is 0 Å². The van der Waals surface area contributed by atoms with Crippen LogP contribution in [0.15, 0.2) is 58.1 Å². The van der Waals surface area contributed by atoms with Crippen molar-refractivity contribution >= 4 is 5.78 Å². The molecule has 1 N–H and O–H groups in total. The summed E-state index contributed by atoms with van der Waals surface area (Å²) in [5, 5.41) is 0. The molecule has 3 rings (SSSR count). The number of hydrogen-bond donors (Lipinski definition) is 1. The van der Waals surface area contributed by atoms with E-state index in [1.807, 2.05) is 64.1 Å². The average Bonchev–Trinajstić information content (AvgIpc) is 2.69. The van der Waals surface area contributed by atoms with Crippen molar-refractivity contribution < 1.29 is 9.53 Å². The van der Waals surface area contributed by atoms with Gasteiger partial charge >= 0.3 is 5.69 Å². The molecular formula is C24H26N2O4. The van der Waals surface area contributed by atoms with E-state index in [0.29, 0.717) is 5.56 Å². The largest absolute Gasteiger partial charge is 0.356 e. The molecule has 6 heteroatoms. The number of H-pyrrole nitrogens is 1. The van der Waals surface area contributed by atoms with Crippen LogP contribution in [0, 0.1) is 13.8 Å². The number of nitrogens with one attached hydrogen (secondary N) is 1. The third-order valence-corrected chi connectivity index (χ3v) is 4.84. The number of ether oxygens (including phenoxy) is 1. The Balaban J connectivity index is 1.97. The van der Waals surface area contributed by atoms with Crippen LogP contribution in [0.2, 0.25) is 0 Å². The lowest BCUT2D eigenvalue weighted by molar-refractivity contribution is 0.0584. The molecule has 0 aliphatic carbocycles. The summed E-state index contributed by atoms with van der Waals surface area (Å²) in [5.41, 5.74) is 2.42. The van der Waals surface area contributed by atoms with Gasteiger partial charge in [0.1, 0.15) is 6.73 Å². The normalized spacial score (nSPS) is 11.1. The number of aromatic amines is 1. The molecule has 30 heavy (non-hydrogen) atoms. The quantitative estimate of drug-likeness (QED) is 0.607. The number of carbonyl (C=O) groups excluding carboxylic acids is 1. The fourth-order valence-corrected chi connectivity index (χ4v) is 3.50. The van der Waals surface area contributed by atoms with Gasteiger partial charge < -0.3 is 9.72 Å². The van der Waals surface area contributed by atoms with Crippen LogP contribution in [0.5, 0.6) is 0 Å². The van der Waals surface area contributed by atoms with Crippen LogP contribution < -0.4 is 11.2 Å². The second kappa shape index (κ2) is 9.05. The molecule has 0 fully saturated rings. The molecule has 2 aromatic carbocycles. The van der Waals surface area contributed by atoms with Gasteiger partial charge in [-0.15, -0.1) is 0 Å². The van der Waals surface area contributed by atoms with Gasteiger partial charge in [0.2, 0.25) is 5.78 Å². The predicted molar refractivity (Wildman–Crippen MR) is 116 cm³/mol. The van der Waals surface area contributed by atoms with Crippen molar-refractivity contribution in [1.29, 1.82) is 0 Å². The van der Waals surface area contributed by atoms with E-state index < -0.39 is 11.2 Å². The van der Waals surface area contributed by atoms with Crippen LogP contribution in [0.25, 0.3) is 0 Å². The first kappa shape index (κ1) is 21.5. The maximum absolute atomic E-state index is 13.1. The van der Waals surface area contributed by atoms with E-state index in [1.54, 1.807) is 12.1 Å². The minimum absolute atomic E-state index is 0.0457. The van der Waals surface area contributed by atoms with E-state index in [2.05, 4.69) is 4.98 Å². The first-order chi connectivity index (χ1) is 14.3. The zero-order chi connectivity index (χ0) is 21.8. The highest BCUT2D eigenvalue weighted by atomic mass is 16.5. The summed E-state index contributed by atoms with van der Waals surface area (Å²) in [6.45, 7) is 7.52. The average molecular weight is 406 g/mol. The Morgan fingerprint density at radius 3 is 2.27 bits per heavy atom. The van der Waals surface area contributed by atoms with Crippen molar-refractivity contribution in [2.45, 2.75) is 47.0 Å². The monoisotopic (exact) mass is 406 g/mol. The molecule has 156 valence electrons. The number of aromatic nitrogens is 2. The second-order valence-electron chi connectivity index (χ2n) is 7.78. The zero-order valence-corrected chi connectivity index (χ0v) is 17.7. The van der Waals surface area contributed by atoms with Crippen LogP contribution in [-0.4, -0.2) is 15.3 Å². The Labute approximate surface area is 175 Å². The van der Waals surface area contributed by atoms with Crippen molar-refractivity contribution in [2.75, 3.05) is 0 Å². The van der Waals surface area contributed by atoms with Crippen LogP contribution in [0.3, 0.4) is 0 Å². The van der Waals surface area contributed by atoms with Crippen molar-refractivity contribution in [2.24, 2.45) is 0 Å². The van der Waals surface area contributed by atoms with Gasteiger partial charge in [0.25, 0.3) is 5.56 Å². The summed E-state index contributed by atoms with van der Waals surface area (Å²) in [4.78, 5) is 41.5. The number of rotatable bonds is 7. The van der Waals surface area contributed by atoms with Gasteiger partial charge in [-0.3, -0.25) is 9.59 Å². The van der Waals surface area contributed by atoms with Gasteiger partial charge in [-0.05, 0) is 37.5 Å². The maximum Gasteiger partial charge on any atom is 0.330 e. The minimum Gasteiger partial charge on any atom is -0.356 e. The van der Waals surface area contributed by atoms with E-state index in [9.17, 15) is 14.4 Å². The number of carbonyl (C=O) groups is 1. The lowest BCUT2D eigenvalue weighted by Gasteiger charge is -2.15. The van der Waals surface area contributed by atoms with Crippen molar-refractivity contribution in [3.8, 4) is 0 Å². The molecule has 0 aliphatic heterocycles. The maximum atomic E-state index is 13.1. The number of hydrogen-bond acceptors (Lipinski definition) is 4. The first-order valence-corrected chi connectivity index (χ1v) is 9.89. The highest BCUT2D eigenvalue weighted by molar-refractivity contribution is 6.08. The fourth-order valence-electron chi connectivity index (χ4n) is 3.50. The molecule has 0 saturated carbocycles. The summed E-state index contributed by atoms with van der Waals surface area (Å²) in [7, 11) is 0. The van der Waals surface area contributed by atoms with E-state index in [0.717, 1.165) is 21.3 Å². The van der Waals surface area contributed by atoms with Crippen LogP contribution in [0.1, 0.15) is 58.1 Å². The van der Waals surface area contributed by atoms with Gasteiger partial charge in [0.05, 0.1) is 12.3 Å². The molecule has 0 atom stereocenters. The SMILES string of the molecule is Cc1cc(C)cc(C(=O)c2[nH]c(=O)n(COCc3ccccc3)c(=O)c2C(C)C)c1. The van der Waals surface area contributed by atoms with Gasteiger partial charge in [-0.25, -0.2) is 9.36 Å². The number of ketones is 1. The zero-order valence-electron chi connectivity index (χ0n) is 17.7. The van der Waals surface area contributed by atoms with Crippen LogP contribution >= 0.6 is 0 Å². The second-order valence-corrected chi connectivity index (χ2v) is 7.78. The minimum atomic E-state index is -0.662. The topological polar surface area (TPSA) is 81.2 Å². The summed E-state index contributed by atoms with van der Waals surface area (Å²) >= 11 is 0. The Morgan fingerprint density at radius 2 is 1.67 bits per heavy atom. The molecular weight excluding hydrogens is 380 g/mol. The molecule has 0 amide bonds. The highest BCUT2D eigenvalue weighted by Gasteiger charge is 2.23. The Kier molecular flexibility index (Phi) is 6.47. The molecule has 0 spiro atoms. The molecule has 0 unspecified atom stereocenters. The standard InChI is InChI=1S/C24H26N2O4/c1-15(2)20-21(22(27)19-11-16(3)10-17(4)12-19)25-24(29)26(23(20)28)14-30-13-18-8-6-5-7-9-18/h5-12,15H,13-14H2,1-4H3,(H,25,29). The molecule has 3 aromatic rings. The summed E-state index contributed by atoms with van der Waals surface area (Å²) < 4.78 is 6.57. The molecule has 0 saturated heterocycles. The van der Waals surface area contributed by atoms with E-state index in [4.69, 9.17) is 4.74 Å². The number of benzene rings is 2. The van der Waals surface area contributed by atoms with Gasteiger partial charge in [0, 0.05) is 11.1 Å². The van der Waals surface area contributed by atoms with Crippen molar-refractivity contribution in [3.05, 3.63) is 103 Å². The number of nitrogens with zero attached hydrogens (tertiary/aromatic N) is 1. The third kappa shape index (κ3) is 4.66. The summed E-state index contributed by atoms with van der Waals surface area (Å²) in [5.74, 6) is -0.614. The van der Waals surface area contributed by atoms with E-state index in [1.165, 1.54) is 0 Å². The van der Waals surface area contributed by atoms with Crippen molar-refractivity contribution in [1.82, 2.24) is 9.55 Å². The van der Waals surface area contributed by atoms with Gasteiger partial charge in [-0.2, -0.15) is 0 Å². The smallest absolute Gasteiger partial charge is 0.330 e. The predicted octanol–water partition coefficient (Wildman–Crippen LogP) is 3.68. The molecule has 1 heterocycles. The molecule has 0 radical (unpaired) electrons. The molecule has 6 nitrogen and oxygen atoms in total. The lowest BCUT2D eigenvalue weighted by Crippen LogP contribution is -2.40. The van der Waals surface area contributed by atoms with Crippen LogP contribution in [-0.2, 0) is 18.1 Å². The molecule has 1 aromatic heterocycles. The fraction of sp³-hybridized carbons (Fsp3) is 0.292. The van der Waals surface area contributed by atoms with E-state index in [-0.39, 0.29) is 36.3 Å². The summed E-state index contributed by atoms with van der Waals surface area (Å²) in [6.07, 6.45) is 0. The van der Waals surface area contributed by atoms with E-state index >= 15 is 0 Å². The lowest BCUT2D eigenvalue weighted by atomic mass is 9.96.